The first-order valence-electron chi connectivity index (χ1n) is 5.36. The predicted molar refractivity (Wildman–Crippen MR) is 60.6 cm³/mol. The van der Waals surface area contributed by atoms with E-state index in [-0.39, 0.29) is 11.8 Å². The lowest BCUT2D eigenvalue weighted by atomic mass is 9.97. The normalized spacial score (nSPS) is 21.3. The Hall–Kier alpha value is -1.51. The second kappa shape index (κ2) is 4.34. The zero-order chi connectivity index (χ0) is 10.7. The average Bonchev–Trinajstić information content (AvgIpc) is 2.30. The molecule has 15 heavy (non-hydrogen) atoms. The molecule has 1 saturated heterocycles. The molecule has 2 N–H and O–H groups in total. The largest absolute Gasteiger partial charge is 0.371 e. The number of hydrogen-bond donors (Lipinski definition) is 1. The number of amides is 1. The average molecular weight is 204 g/mol. The van der Waals surface area contributed by atoms with Crippen molar-refractivity contribution in [1.29, 1.82) is 0 Å². The van der Waals surface area contributed by atoms with Crippen molar-refractivity contribution in [3.63, 3.8) is 0 Å². The summed E-state index contributed by atoms with van der Waals surface area (Å²) in [6.07, 6.45) is 1.97. The van der Waals surface area contributed by atoms with Gasteiger partial charge in [-0.1, -0.05) is 18.2 Å². The number of hydrogen-bond acceptors (Lipinski definition) is 2. The van der Waals surface area contributed by atoms with Crippen LogP contribution in [-0.4, -0.2) is 19.0 Å². The van der Waals surface area contributed by atoms with Crippen LogP contribution in [0.25, 0.3) is 0 Å². The third kappa shape index (κ3) is 2.29. The molecule has 2 rings (SSSR count). The van der Waals surface area contributed by atoms with Gasteiger partial charge in [0.2, 0.25) is 5.91 Å². The van der Waals surface area contributed by atoms with Crippen molar-refractivity contribution in [2.24, 2.45) is 11.7 Å². The topological polar surface area (TPSA) is 46.3 Å². The number of carbonyl (C=O) groups excluding carboxylic acids is 1. The molecule has 1 atom stereocenters. The van der Waals surface area contributed by atoms with Crippen molar-refractivity contribution >= 4 is 11.6 Å². The molecule has 0 aromatic heterocycles. The van der Waals surface area contributed by atoms with Crippen LogP contribution in [0.2, 0.25) is 0 Å². The molecule has 1 aliphatic heterocycles. The quantitative estimate of drug-likeness (QED) is 0.791. The number of carbonyl (C=O) groups is 1. The Morgan fingerprint density at radius 3 is 2.73 bits per heavy atom. The van der Waals surface area contributed by atoms with Crippen LogP contribution < -0.4 is 10.6 Å². The molecule has 0 bridgehead atoms. The Kier molecular flexibility index (Phi) is 2.90. The summed E-state index contributed by atoms with van der Waals surface area (Å²) in [6, 6.07) is 10.2. The van der Waals surface area contributed by atoms with Crippen molar-refractivity contribution in [1.82, 2.24) is 0 Å². The first kappa shape index (κ1) is 10.0. The number of benzene rings is 1. The molecule has 1 amide bonds. The smallest absolute Gasteiger partial charge is 0.222 e. The summed E-state index contributed by atoms with van der Waals surface area (Å²) in [5.41, 5.74) is 6.53. The fourth-order valence-electron chi connectivity index (χ4n) is 2.08. The van der Waals surface area contributed by atoms with Crippen molar-refractivity contribution in [3.8, 4) is 0 Å². The van der Waals surface area contributed by atoms with E-state index in [0.717, 1.165) is 25.9 Å². The molecule has 1 aromatic rings. The van der Waals surface area contributed by atoms with Crippen molar-refractivity contribution in [3.05, 3.63) is 30.3 Å². The maximum atomic E-state index is 11.1. The molecular formula is C12H16N2O. The number of nitrogens with zero attached hydrogens (tertiary/aromatic N) is 1. The van der Waals surface area contributed by atoms with E-state index >= 15 is 0 Å². The summed E-state index contributed by atoms with van der Waals surface area (Å²) in [5, 5.41) is 0. The minimum absolute atomic E-state index is 0.0129. The minimum Gasteiger partial charge on any atom is -0.371 e. The molecule has 0 saturated carbocycles. The first-order valence-corrected chi connectivity index (χ1v) is 5.36. The van der Waals surface area contributed by atoms with Gasteiger partial charge < -0.3 is 10.6 Å². The summed E-state index contributed by atoms with van der Waals surface area (Å²) < 4.78 is 0. The molecule has 1 aliphatic rings. The van der Waals surface area contributed by atoms with Gasteiger partial charge in [0, 0.05) is 18.8 Å². The Balaban J connectivity index is 2.08. The summed E-state index contributed by atoms with van der Waals surface area (Å²) in [4.78, 5) is 13.4. The van der Waals surface area contributed by atoms with Crippen LogP contribution in [0.5, 0.6) is 0 Å². The van der Waals surface area contributed by atoms with Crippen LogP contribution in [0.1, 0.15) is 12.8 Å². The van der Waals surface area contributed by atoms with Gasteiger partial charge >= 0.3 is 0 Å². The SMILES string of the molecule is NC(=O)C1CCCN(c2ccccc2)C1. The van der Waals surface area contributed by atoms with E-state index in [1.54, 1.807) is 0 Å². The number of nitrogens with two attached hydrogens (primary N) is 1. The Morgan fingerprint density at radius 1 is 1.33 bits per heavy atom. The highest BCUT2D eigenvalue weighted by Crippen LogP contribution is 2.22. The predicted octanol–water partition coefficient (Wildman–Crippen LogP) is 1.39. The van der Waals surface area contributed by atoms with Crippen molar-refractivity contribution in [2.45, 2.75) is 12.8 Å². The van der Waals surface area contributed by atoms with E-state index in [1.165, 1.54) is 5.69 Å². The van der Waals surface area contributed by atoms with Crippen LogP contribution in [0.4, 0.5) is 5.69 Å². The molecule has 3 nitrogen and oxygen atoms in total. The minimum atomic E-state index is -0.171. The first-order chi connectivity index (χ1) is 7.27. The van der Waals surface area contributed by atoms with Gasteiger partial charge in [0.1, 0.15) is 0 Å². The summed E-state index contributed by atoms with van der Waals surface area (Å²) in [6.45, 7) is 1.78. The van der Waals surface area contributed by atoms with E-state index in [1.807, 2.05) is 18.2 Å². The van der Waals surface area contributed by atoms with Crippen LogP contribution >= 0.6 is 0 Å². The third-order valence-corrected chi connectivity index (χ3v) is 2.95. The summed E-state index contributed by atoms with van der Waals surface area (Å²) in [7, 11) is 0. The number of piperidine rings is 1. The lowest BCUT2D eigenvalue weighted by Crippen LogP contribution is -2.41. The monoisotopic (exact) mass is 204 g/mol. The van der Waals surface area contributed by atoms with Crippen LogP contribution in [-0.2, 0) is 4.79 Å². The zero-order valence-electron chi connectivity index (χ0n) is 8.73. The van der Waals surface area contributed by atoms with Gasteiger partial charge in [0.05, 0.1) is 5.92 Å². The van der Waals surface area contributed by atoms with Crippen LogP contribution in [0, 0.1) is 5.92 Å². The summed E-state index contributed by atoms with van der Waals surface area (Å²) >= 11 is 0. The van der Waals surface area contributed by atoms with Gasteiger partial charge in [-0.05, 0) is 25.0 Å². The van der Waals surface area contributed by atoms with Gasteiger partial charge in [0.25, 0.3) is 0 Å². The van der Waals surface area contributed by atoms with Gasteiger partial charge in [-0.15, -0.1) is 0 Å². The fourth-order valence-corrected chi connectivity index (χ4v) is 2.08. The van der Waals surface area contributed by atoms with Gasteiger partial charge in [0.15, 0.2) is 0 Å². The van der Waals surface area contributed by atoms with Crippen molar-refractivity contribution < 1.29 is 4.79 Å². The van der Waals surface area contributed by atoms with E-state index in [9.17, 15) is 4.79 Å². The molecule has 80 valence electrons. The highest BCUT2D eigenvalue weighted by Gasteiger charge is 2.23. The molecule has 0 aliphatic carbocycles. The zero-order valence-corrected chi connectivity index (χ0v) is 8.73. The lowest BCUT2D eigenvalue weighted by molar-refractivity contribution is -0.122. The van der Waals surface area contributed by atoms with Crippen LogP contribution in [0.3, 0.4) is 0 Å². The van der Waals surface area contributed by atoms with Crippen molar-refractivity contribution in [2.75, 3.05) is 18.0 Å². The maximum Gasteiger partial charge on any atom is 0.222 e. The molecule has 1 heterocycles. The number of anilines is 1. The fraction of sp³-hybridized carbons (Fsp3) is 0.417. The molecule has 1 aromatic carbocycles. The Labute approximate surface area is 89.9 Å². The van der Waals surface area contributed by atoms with E-state index in [2.05, 4.69) is 17.0 Å². The number of para-hydroxylation sites is 1. The summed E-state index contributed by atoms with van der Waals surface area (Å²) in [5.74, 6) is -0.158. The molecule has 1 fully saturated rings. The second-order valence-electron chi connectivity index (χ2n) is 4.02. The van der Waals surface area contributed by atoms with Gasteiger partial charge in [-0.25, -0.2) is 0 Å². The number of primary amides is 1. The molecule has 0 spiro atoms. The Bertz CT molecular complexity index is 337. The molecular weight excluding hydrogens is 188 g/mol. The molecule has 1 unspecified atom stereocenters. The number of rotatable bonds is 2. The third-order valence-electron chi connectivity index (χ3n) is 2.95. The standard InChI is InChI=1S/C12H16N2O/c13-12(15)10-5-4-8-14(9-10)11-6-2-1-3-7-11/h1-3,6-7,10H,4-5,8-9H2,(H2,13,15). The molecule has 3 heteroatoms. The van der Waals surface area contributed by atoms with E-state index < -0.39 is 0 Å². The molecule has 0 radical (unpaired) electrons. The van der Waals surface area contributed by atoms with Crippen LogP contribution in [0.15, 0.2) is 30.3 Å². The second-order valence-corrected chi connectivity index (χ2v) is 4.02. The maximum absolute atomic E-state index is 11.1. The van der Waals surface area contributed by atoms with Gasteiger partial charge in [-0.3, -0.25) is 4.79 Å². The van der Waals surface area contributed by atoms with E-state index in [4.69, 9.17) is 5.73 Å². The van der Waals surface area contributed by atoms with Gasteiger partial charge in [-0.2, -0.15) is 0 Å². The lowest BCUT2D eigenvalue weighted by Gasteiger charge is -2.32. The highest BCUT2D eigenvalue weighted by molar-refractivity contribution is 5.77. The Morgan fingerprint density at radius 2 is 2.07 bits per heavy atom. The highest BCUT2D eigenvalue weighted by atomic mass is 16.1. The van der Waals surface area contributed by atoms with E-state index in [0.29, 0.717) is 0 Å².